The van der Waals surface area contributed by atoms with Crippen LogP contribution in [0.5, 0.6) is 0 Å². The highest BCUT2D eigenvalue weighted by Crippen LogP contribution is 2.26. The van der Waals surface area contributed by atoms with Gasteiger partial charge < -0.3 is 25.8 Å². The molecule has 3 aromatic rings. The minimum atomic E-state index is -0.564. The van der Waals surface area contributed by atoms with Gasteiger partial charge in [-0.25, -0.2) is 9.37 Å². The smallest absolute Gasteiger partial charge is 0.253 e. The van der Waals surface area contributed by atoms with Gasteiger partial charge in [0.2, 0.25) is 5.91 Å². The molecule has 4 rings (SSSR count). The van der Waals surface area contributed by atoms with E-state index in [4.69, 9.17) is 0 Å². The van der Waals surface area contributed by atoms with Crippen LogP contribution in [0.2, 0.25) is 0 Å². The molecule has 0 radical (unpaired) electrons. The zero-order chi connectivity index (χ0) is 24.1. The molecule has 1 aromatic carbocycles. The minimum absolute atomic E-state index is 0.0175. The maximum atomic E-state index is 14.4. The summed E-state index contributed by atoms with van der Waals surface area (Å²) in [5, 5.41) is 12.8. The second kappa shape index (κ2) is 10.3. The molecule has 1 aliphatic heterocycles. The van der Waals surface area contributed by atoms with Gasteiger partial charge in [-0.3, -0.25) is 14.3 Å². The van der Waals surface area contributed by atoms with Gasteiger partial charge in [0, 0.05) is 45.5 Å². The van der Waals surface area contributed by atoms with Gasteiger partial charge >= 0.3 is 0 Å². The first-order chi connectivity index (χ1) is 16.4. The number of rotatable bonds is 7. The van der Waals surface area contributed by atoms with Crippen molar-refractivity contribution in [1.29, 1.82) is 0 Å². The second-order valence-corrected chi connectivity index (χ2v) is 8.03. The van der Waals surface area contributed by atoms with Gasteiger partial charge in [0.15, 0.2) is 5.82 Å². The number of para-hydroxylation sites is 1. The molecule has 1 fully saturated rings. The third-order valence-electron chi connectivity index (χ3n) is 5.58. The first-order valence-electron chi connectivity index (χ1n) is 10.9. The van der Waals surface area contributed by atoms with Gasteiger partial charge in [0.1, 0.15) is 12.4 Å². The number of benzene rings is 1. The SMILES string of the molecule is CNC(=O)c1ccccc1Nc1cc(Nc2cnn(CC(=O)N3CCN(C)CC3)c2)ncc1F. The van der Waals surface area contributed by atoms with Crippen molar-refractivity contribution in [3.05, 3.63) is 60.3 Å². The average molecular weight is 467 g/mol. The maximum Gasteiger partial charge on any atom is 0.253 e. The average Bonchev–Trinajstić information content (AvgIpc) is 3.28. The number of carbonyl (C=O) groups is 2. The number of hydrogen-bond donors (Lipinski definition) is 3. The van der Waals surface area contributed by atoms with Crippen molar-refractivity contribution in [1.82, 2.24) is 29.9 Å². The van der Waals surface area contributed by atoms with Crippen molar-refractivity contribution in [3.8, 4) is 0 Å². The third kappa shape index (κ3) is 5.49. The number of nitrogens with one attached hydrogen (secondary N) is 3. The third-order valence-corrected chi connectivity index (χ3v) is 5.58. The van der Waals surface area contributed by atoms with Crippen LogP contribution in [-0.4, -0.2) is 76.7 Å². The summed E-state index contributed by atoms with van der Waals surface area (Å²) in [6, 6.07) is 8.33. The van der Waals surface area contributed by atoms with E-state index in [9.17, 15) is 14.0 Å². The summed E-state index contributed by atoms with van der Waals surface area (Å²) in [7, 11) is 3.57. The molecule has 34 heavy (non-hydrogen) atoms. The number of carbonyl (C=O) groups excluding carboxylic acids is 2. The van der Waals surface area contributed by atoms with Crippen LogP contribution >= 0.6 is 0 Å². The summed E-state index contributed by atoms with van der Waals surface area (Å²) < 4.78 is 16.0. The quantitative estimate of drug-likeness (QED) is 0.489. The summed E-state index contributed by atoms with van der Waals surface area (Å²) in [4.78, 5) is 32.7. The number of hydrogen-bond acceptors (Lipinski definition) is 7. The van der Waals surface area contributed by atoms with E-state index < -0.39 is 5.82 Å². The Balaban J connectivity index is 1.43. The monoisotopic (exact) mass is 466 g/mol. The molecular weight excluding hydrogens is 439 g/mol. The van der Waals surface area contributed by atoms with E-state index in [0.29, 0.717) is 35.8 Å². The zero-order valence-corrected chi connectivity index (χ0v) is 19.1. The number of nitrogens with zero attached hydrogens (tertiary/aromatic N) is 5. The number of anilines is 4. The molecule has 0 spiro atoms. The van der Waals surface area contributed by atoms with Crippen LogP contribution in [0.25, 0.3) is 0 Å². The Morgan fingerprint density at radius 1 is 1.06 bits per heavy atom. The van der Waals surface area contributed by atoms with Crippen molar-refractivity contribution < 1.29 is 14.0 Å². The van der Waals surface area contributed by atoms with Crippen LogP contribution in [-0.2, 0) is 11.3 Å². The highest BCUT2D eigenvalue weighted by Gasteiger charge is 2.19. The Morgan fingerprint density at radius 3 is 2.59 bits per heavy atom. The van der Waals surface area contributed by atoms with Crippen LogP contribution in [0.4, 0.5) is 27.3 Å². The number of amides is 2. The van der Waals surface area contributed by atoms with E-state index in [2.05, 4.69) is 30.9 Å². The van der Waals surface area contributed by atoms with Gasteiger partial charge in [-0.2, -0.15) is 5.10 Å². The van der Waals surface area contributed by atoms with E-state index in [1.807, 2.05) is 11.9 Å². The lowest BCUT2D eigenvalue weighted by atomic mass is 10.1. The van der Waals surface area contributed by atoms with Crippen LogP contribution in [0, 0.1) is 5.82 Å². The first kappa shape index (κ1) is 23.2. The van der Waals surface area contributed by atoms with E-state index in [1.165, 1.54) is 13.1 Å². The van der Waals surface area contributed by atoms with E-state index >= 15 is 0 Å². The van der Waals surface area contributed by atoms with Crippen LogP contribution in [0.15, 0.2) is 48.9 Å². The van der Waals surface area contributed by atoms with Crippen molar-refractivity contribution in [2.45, 2.75) is 6.54 Å². The number of aromatic nitrogens is 3. The fourth-order valence-electron chi connectivity index (χ4n) is 3.63. The molecule has 0 unspecified atom stereocenters. The van der Waals surface area contributed by atoms with Crippen molar-refractivity contribution in [3.63, 3.8) is 0 Å². The fourth-order valence-corrected chi connectivity index (χ4v) is 3.63. The topological polar surface area (TPSA) is 107 Å². The van der Waals surface area contributed by atoms with Crippen molar-refractivity contribution >= 4 is 34.7 Å². The van der Waals surface area contributed by atoms with E-state index in [-0.39, 0.29) is 24.0 Å². The van der Waals surface area contributed by atoms with Crippen molar-refractivity contribution in [2.24, 2.45) is 0 Å². The van der Waals surface area contributed by atoms with Gasteiger partial charge in [-0.1, -0.05) is 12.1 Å². The largest absolute Gasteiger partial charge is 0.355 e. The molecular formula is C23H27FN8O2. The molecule has 1 aliphatic rings. The number of pyridine rings is 1. The van der Waals surface area contributed by atoms with Gasteiger partial charge in [0.05, 0.1) is 35.0 Å². The first-order valence-corrected chi connectivity index (χ1v) is 10.9. The molecule has 2 amide bonds. The number of likely N-dealkylation sites (N-methyl/N-ethyl adjacent to an activating group) is 1. The summed E-state index contributed by atoms with van der Waals surface area (Å²) in [5.74, 6) is -0.449. The predicted octanol–water partition coefficient (Wildman–Crippen LogP) is 2.04. The molecule has 3 heterocycles. The van der Waals surface area contributed by atoms with Gasteiger partial charge in [-0.05, 0) is 19.2 Å². The van der Waals surface area contributed by atoms with E-state index in [1.54, 1.807) is 41.3 Å². The molecule has 0 bridgehead atoms. The number of halogens is 1. The maximum absolute atomic E-state index is 14.4. The molecule has 0 saturated carbocycles. The lowest BCUT2D eigenvalue weighted by Crippen LogP contribution is -2.48. The fraction of sp³-hybridized carbons (Fsp3) is 0.304. The molecule has 178 valence electrons. The van der Waals surface area contributed by atoms with Crippen LogP contribution < -0.4 is 16.0 Å². The lowest BCUT2D eigenvalue weighted by Gasteiger charge is -2.32. The summed E-state index contributed by atoms with van der Waals surface area (Å²) >= 11 is 0. The van der Waals surface area contributed by atoms with Crippen molar-refractivity contribution in [2.75, 3.05) is 50.9 Å². The summed E-state index contributed by atoms with van der Waals surface area (Å²) in [6.07, 6.45) is 4.37. The normalized spacial score (nSPS) is 14.0. The Bertz CT molecular complexity index is 1170. The number of piperazine rings is 1. The Labute approximate surface area is 196 Å². The Hall–Kier alpha value is -3.99. The highest BCUT2D eigenvalue weighted by molar-refractivity contribution is 6.00. The highest BCUT2D eigenvalue weighted by atomic mass is 19.1. The standard InChI is InChI=1S/C23H27FN8O2/c1-25-23(34)17-5-3-4-6-19(17)29-20-11-21(26-13-18(20)24)28-16-12-27-32(14-16)15-22(33)31-9-7-30(2)8-10-31/h3-6,11-14H,7-10,15H2,1-2H3,(H,25,34)(H2,26,28,29). The van der Waals surface area contributed by atoms with Crippen LogP contribution in [0.1, 0.15) is 10.4 Å². The lowest BCUT2D eigenvalue weighted by molar-refractivity contribution is -0.133. The summed E-state index contributed by atoms with van der Waals surface area (Å²) in [6.45, 7) is 3.28. The molecule has 2 aromatic heterocycles. The zero-order valence-electron chi connectivity index (χ0n) is 19.1. The molecule has 11 heteroatoms. The molecule has 0 atom stereocenters. The predicted molar refractivity (Wildman–Crippen MR) is 127 cm³/mol. The summed E-state index contributed by atoms with van der Waals surface area (Å²) in [5.41, 5.74) is 1.63. The van der Waals surface area contributed by atoms with Crippen LogP contribution in [0.3, 0.4) is 0 Å². The molecule has 1 saturated heterocycles. The van der Waals surface area contributed by atoms with Gasteiger partial charge in [0.25, 0.3) is 5.91 Å². The molecule has 10 nitrogen and oxygen atoms in total. The van der Waals surface area contributed by atoms with E-state index in [0.717, 1.165) is 19.3 Å². The minimum Gasteiger partial charge on any atom is -0.355 e. The second-order valence-electron chi connectivity index (χ2n) is 8.03. The van der Waals surface area contributed by atoms with Gasteiger partial charge in [-0.15, -0.1) is 0 Å². The Kier molecular flexibility index (Phi) is 7.02. The molecule has 0 aliphatic carbocycles. The molecule has 3 N–H and O–H groups in total. The Morgan fingerprint density at radius 2 is 1.82 bits per heavy atom.